The molecule has 1 rings (SSSR count). The van der Waals surface area contributed by atoms with Gasteiger partial charge >= 0.3 is 0 Å². The molecule has 1 aliphatic carbocycles. The maximum atomic E-state index is 5.97. The summed E-state index contributed by atoms with van der Waals surface area (Å²) in [5, 5.41) is 0. The third-order valence-corrected chi connectivity index (χ3v) is 3.26. The largest absolute Gasteiger partial charge is 0.378 e. The van der Waals surface area contributed by atoms with Gasteiger partial charge in [0.05, 0.1) is 6.10 Å². The van der Waals surface area contributed by atoms with Crippen LogP contribution in [-0.4, -0.2) is 32.0 Å². The molecule has 2 N–H and O–H groups in total. The molecule has 0 aromatic rings. The lowest BCUT2D eigenvalue weighted by molar-refractivity contribution is -0.148. The second kappa shape index (κ2) is 4.40. The molecule has 3 unspecified atom stereocenters. The Kier molecular flexibility index (Phi) is 3.71. The molecule has 3 heteroatoms. The Bertz CT molecular complexity index is 161. The van der Waals surface area contributed by atoms with Crippen LogP contribution >= 0.6 is 0 Å². The third kappa shape index (κ3) is 1.87. The number of rotatable bonds is 3. The second-order valence-electron chi connectivity index (χ2n) is 3.92. The van der Waals surface area contributed by atoms with Gasteiger partial charge in [0, 0.05) is 20.3 Å². The van der Waals surface area contributed by atoms with Gasteiger partial charge in [0.2, 0.25) is 0 Å². The van der Waals surface area contributed by atoms with Gasteiger partial charge < -0.3 is 15.2 Å². The zero-order valence-corrected chi connectivity index (χ0v) is 8.88. The van der Waals surface area contributed by atoms with Crippen LogP contribution in [0.25, 0.3) is 0 Å². The number of ether oxygens (including phenoxy) is 2. The minimum Gasteiger partial charge on any atom is -0.378 e. The molecule has 0 bridgehead atoms. The normalized spacial score (nSPS) is 37.4. The third-order valence-electron chi connectivity index (χ3n) is 3.26. The van der Waals surface area contributed by atoms with Gasteiger partial charge in [0.15, 0.2) is 0 Å². The average molecular weight is 187 g/mol. The first-order chi connectivity index (χ1) is 6.17. The fourth-order valence-electron chi connectivity index (χ4n) is 2.39. The van der Waals surface area contributed by atoms with E-state index < -0.39 is 0 Å². The summed E-state index contributed by atoms with van der Waals surface area (Å²) in [5.74, 6) is 0. The lowest BCUT2D eigenvalue weighted by atomic mass is 9.77. The van der Waals surface area contributed by atoms with Gasteiger partial charge in [0.1, 0.15) is 5.60 Å². The summed E-state index contributed by atoms with van der Waals surface area (Å²) in [6.45, 7) is 2.00. The molecule has 13 heavy (non-hydrogen) atoms. The molecule has 3 atom stereocenters. The molecule has 78 valence electrons. The van der Waals surface area contributed by atoms with Gasteiger partial charge in [-0.1, -0.05) is 12.8 Å². The molecule has 1 fully saturated rings. The van der Waals surface area contributed by atoms with Crippen molar-refractivity contribution >= 4 is 0 Å². The van der Waals surface area contributed by atoms with Gasteiger partial charge in [-0.05, 0) is 19.8 Å². The highest BCUT2D eigenvalue weighted by Crippen LogP contribution is 2.35. The van der Waals surface area contributed by atoms with Crippen molar-refractivity contribution in [2.75, 3.05) is 14.2 Å². The molecule has 1 aliphatic rings. The molecule has 3 nitrogen and oxygen atoms in total. The number of methoxy groups -OCH3 is 2. The molecule has 0 radical (unpaired) electrons. The van der Waals surface area contributed by atoms with Crippen molar-refractivity contribution in [2.24, 2.45) is 5.73 Å². The summed E-state index contributed by atoms with van der Waals surface area (Å²) in [6.07, 6.45) is 4.64. The fourth-order valence-corrected chi connectivity index (χ4v) is 2.39. The minimum atomic E-state index is -0.257. The summed E-state index contributed by atoms with van der Waals surface area (Å²) >= 11 is 0. The van der Waals surface area contributed by atoms with Gasteiger partial charge in [-0.15, -0.1) is 0 Å². The summed E-state index contributed by atoms with van der Waals surface area (Å²) in [5.41, 5.74) is 5.72. The Morgan fingerprint density at radius 1 is 1.38 bits per heavy atom. The van der Waals surface area contributed by atoms with E-state index in [2.05, 4.69) is 0 Å². The maximum Gasteiger partial charge on any atom is 0.109 e. The smallest absolute Gasteiger partial charge is 0.109 e. The Labute approximate surface area is 80.6 Å². The molecule has 0 aromatic heterocycles. The van der Waals surface area contributed by atoms with Crippen LogP contribution in [0.2, 0.25) is 0 Å². The van der Waals surface area contributed by atoms with Crippen molar-refractivity contribution in [1.29, 1.82) is 0 Å². The van der Waals surface area contributed by atoms with Crippen molar-refractivity contribution in [1.82, 2.24) is 0 Å². The highest BCUT2D eigenvalue weighted by molar-refractivity contribution is 4.98. The van der Waals surface area contributed by atoms with Crippen LogP contribution in [0, 0.1) is 0 Å². The Morgan fingerprint density at radius 2 is 2.08 bits per heavy atom. The molecular weight excluding hydrogens is 166 g/mol. The van der Waals surface area contributed by atoms with E-state index in [1.807, 2.05) is 6.92 Å². The molecular formula is C10H21NO2. The number of hydrogen-bond donors (Lipinski definition) is 1. The highest BCUT2D eigenvalue weighted by atomic mass is 16.5. The van der Waals surface area contributed by atoms with Crippen molar-refractivity contribution in [3.63, 3.8) is 0 Å². The zero-order valence-electron chi connectivity index (χ0n) is 8.88. The topological polar surface area (TPSA) is 44.5 Å². The monoisotopic (exact) mass is 187 g/mol. The number of hydrogen-bond acceptors (Lipinski definition) is 3. The van der Waals surface area contributed by atoms with Crippen LogP contribution in [-0.2, 0) is 9.47 Å². The summed E-state index contributed by atoms with van der Waals surface area (Å²) in [6, 6.07) is 0.0303. The van der Waals surface area contributed by atoms with Gasteiger partial charge in [-0.3, -0.25) is 0 Å². The standard InChI is InChI=1S/C10H21NO2/c1-8(11)10(13-3)7-5-4-6-9(10)12-2/h8-9H,4-7,11H2,1-3H3. The van der Waals surface area contributed by atoms with Crippen LogP contribution in [0.15, 0.2) is 0 Å². The molecule has 1 saturated carbocycles. The quantitative estimate of drug-likeness (QED) is 0.724. The SMILES string of the molecule is COC1CCCCC1(OC)C(C)N. The van der Waals surface area contributed by atoms with Crippen LogP contribution in [0.4, 0.5) is 0 Å². The Hall–Kier alpha value is -0.120. The summed E-state index contributed by atoms with van der Waals surface area (Å²) in [7, 11) is 3.48. The van der Waals surface area contributed by atoms with E-state index >= 15 is 0 Å². The molecule has 0 aliphatic heterocycles. The van der Waals surface area contributed by atoms with E-state index in [4.69, 9.17) is 15.2 Å². The van der Waals surface area contributed by atoms with Crippen LogP contribution in [0.5, 0.6) is 0 Å². The lowest BCUT2D eigenvalue weighted by Crippen LogP contribution is -2.58. The molecule has 0 spiro atoms. The van der Waals surface area contributed by atoms with E-state index in [1.54, 1.807) is 14.2 Å². The average Bonchev–Trinajstić information content (AvgIpc) is 2.17. The second-order valence-corrected chi connectivity index (χ2v) is 3.92. The molecule has 0 heterocycles. The Morgan fingerprint density at radius 3 is 2.46 bits per heavy atom. The molecule has 0 amide bonds. The first-order valence-electron chi connectivity index (χ1n) is 5.01. The number of nitrogens with two attached hydrogens (primary N) is 1. The van der Waals surface area contributed by atoms with Crippen molar-refractivity contribution < 1.29 is 9.47 Å². The Balaban J connectivity index is 2.78. The predicted molar refractivity (Wildman–Crippen MR) is 52.7 cm³/mol. The van der Waals surface area contributed by atoms with Crippen molar-refractivity contribution in [3.8, 4) is 0 Å². The van der Waals surface area contributed by atoms with E-state index in [9.17, 15) is 0 Å². The summed E-state index contributed by atoms with van der Waals surface area (Å²) in [4.78, 5) is 0. The summed E-state index contributed by atoms with van der Waals surface area (Å²) < 4.78 is 11.0. The van der Waals surface area contributed by atoms with Crippen LogP contribution in [0.1, 0.15) is 32.6 Å². The maximum absolute atomic E-state index is 5.97. The van der Waals surface area contributed by atoms with Crippen LogP contribution < -0.4 is 5.73 Å². The van der Waals surface area contributed by atoms with Gasteiger partial charge in [0.25, 0.3) is 0 Å². The lowest BCUT2D eigenvalue weighted by Gasteiger charge is -2.44. The molecule has 0 aromatic carbocycles. The van der Waals surface area contributed by atoms with Crippen molar-refractivity contribution in [3.05, 3.63) is 0 Å². The van der Waals surface area contributed by atoms with Crippen LogP contribution in [0.3, 0.4) is 0 Å². The zero-order chi connectivity index (χ0) is 9.90. The van der Waals surface area contributed by atoms with Gasteiger partial charge in [-0.25, -0.2) is 0 Å². The predicted octanol–water partition coefficient (Wildman–Crippen LogP) is 1.31. The first-order valence-corrected chi connectivity index (χ1v) is 5.01. The fraction of sp³-hybridized carbons (Fsp3) is 1.00. The minimum absolute atomic E-state index is 0.0303. The van der Waals surface area contributed by atoms with E-state index in [0.29, 0.717) is 0 Å². The van der Waals surface area contributed by atoms with Gasteiger partial charge in [-0.2, -0.15) is 0 Å². The van der Waals surface area contributed by atoms with E-state index in [1.165, 1.54) is 12.8 Å². The van der Waals surface area contributed by atoms with Crippen molar-refractivity contribution in [2.45, 2.75) is 50.4 Å². The van der Waals surface area contributed by atoms with E-state index in [-0.39, 0.29) is 17.7 Å². The van der Waals surface area contributed by atoms with E-state index in [0.717, 1.165) is 12.8 Å². The molecule has 0 saturated heterocycles. The highest BCUT2D eigenvalue weighted by Gasteiger charge is 2.44. The first kappa shape index (κ1) is 11.0.